The first kappa shape index (κ1) is 13.7. The van der Waals surface area contributed by atoms with Crippen LogP contribution in [0.2, 0.25) is 0 Å². The molecule has 1 fully saturated rings. The monoisotopic (exact) mass is 270 g/mol. The summed E-state index contributed by atoms with van der Waals surface area (Å²) in [6, 6.07) is 0. The quantitative estimate of drug-likeness (QED) is 0.741. The summed E-state index contributed by atoms with van der Waals surface area (Å²) in [6.45, 7) is 3.94. The van der Waals surface area contributed by atoms with Crippen LogP contribution in [0.15, 0.2) is 12.0 Å². The molecule has 2 aliphatic rings. The number of carbonyl (C=O) groups excluding carboxylic acids is 1. The van der Waals surface area contributed by atoms with E-state index in [0.29, 0.717) is 45.9 Å². The van der Waals surface area contributed by atoms with Crippen LogP contribution in [0.5, 0.6) is 0 Å². The molecule has 0 aromatic heterocycles. The zero-order valence-corrected chi connectivity index (χ0v) is 10.7. The summed E-state index contributed by atoms with van der Waals surface area (Å²) in [5.41, 5.74) is 0. The summed E-state index contributed by atoms with van der Waals surface area (Å²) in [5.74, 6) is -0.695. The smallest absolute Gasteiger partial charge is 0.304 e. The summed E-state index contributed by atoms with van der Waals surface area (Å²) >= 11 is 0. The van der Waals surface area contributed by atoms with Crippen LogP contribution in [0.3, 0.4) is 0 Å². The maximum absolute atomic E-state index is 12.1. The first-order valence-corrected chi connectivity index (χ1v) is 6.35. The topological polar surface area (TPSA) is 79.3 Å². The second kappa shape index (κ2) is 6.42. The van der Waals surface area contributed by atoms with Gasteiger partial charge in [-0.1, -0.05) is 0 Å². The van der Waals surface area contributed by atoms with E-state index in [9.17, 15) is 9.59 Å². The fourth-order valence-electron chi connectivity index (χ4n) is 2.06. The Morgan fingerprint density at radius 2 is 1.95 bits per heavy atom. The van der Waals surface area contributed by atoms with Gasteiger partial charge >= 0.3 is 5.97 Å². The predicted octanol–water partition coefficient (Wildman–Crippen LogP) is -0.506. The van der Waals surface area contributed by atoms with Crippen molar-refractivity contribution in [1.29, 1.82) is 0 Å². The van der Waals surface area contributed by atoms with Crippen molar-refractivity contribution < 1.29 is 24.2 Å². The highest BCUT2D eigenvalue weighted by molar-refractivity contribution is 5.91. The highest BCUT2D eigenvalue weighted by Gasteiger charge is 2.25. The van der Waals surface area contributed by atoms with Gasteiger partial charge in [0, 0.05) is 32.7 Å². The molecule has 0 unspecified atom stereocenters. The molecule has 0 aromatic carbocycles. The van der Waals surface area contributed by atoms with Gasteiger partial charge in [-0.3, -0.25) is 14.5 Å². The Morgan fingerprint density at radius 1 is 1.21 bits per heavy atom. The van der Waals surface area contributed by atoms with Crippen LogP contribution < -0.4 is 0 Å². The molecule has 2 rings (SSSR count). The molecule has 0 aliphatic carbocycles. The second-order valence-electron chi connectivity index (χ2n) is 4.48. The molecule has 0 spiro atoms. The third kappa shape index (κ3) is 3.85. The van der Waals surface area contributed by atoms with Crippen molar-refractivity contribution in [1.82, 2.24) is 9.80 Å². The number of amides is 1. The maximum Gasteiger partial charge on any atom is 0.304 e. The molecule has 2 aliphatic heterocycles. The number of aliphatic carboxylic acids is 1. The molecule has 7 nitrogen and oxygen atoms in total. The van der Waals surface area contributed by atoms with Crippen LogP contribution >= 0.6 is 0 Å². The number of ether oxygens (including phenoxy) is 2. The Balaban J connectivity index is 1.77. The molecule has 1 amide bonds. The van der Waals surface area contributed by atoms with E-state index in [0.717, 1.165) is 0 Å². The Kier molecular flexibility index (Phi) is 4.62. The van der Waals surface area contributed by atoms with Crippen LogP contribution in [0.4, 0.5) is 0 Å². The lowest BCUT2D eigenvalue weighted by Crippen LogP contribution is -2.49. The molecule has 0 saturated carbocycles. The molecule has 106 valence electrons. The average molecular weight is 270 g/mol. The van der Waals surface area contributed by atoms with Gasteiger partial charge < -0.3 is 19.5 Å². The molecular formula is C12H18N2O5. The van der Waals surface area contributed by atoms with Gasteiger partial charge in [-0.2, -0.15) is 0 Å². The number of carboxylic acids is 1. The fourth-order valence-corrected chi connectivity index (χ4v) is 2.06. The van der Waals surface area contributed by atoms with Crippen LogP contribution in [-0.4, -0.2) is 72.7 Å². The van der Waals surface area contributed by atoms with E-state index in [2.05, 4.69) is 0 Å². The molecular weight excluding hydrogens is 252 g/mol. The first-order chi connectivity index (χ1) is 9.16. The minimum atomic E-state index is -0.795. The van der Waals surface area contributed by atoms with Crippen molar-refractivity contribution in [2.75, 3.05) is 45.9 Å². The minimum absolute atomic E-state index is 0.135. The zero-order chi connectivity index (χ0) is 13.7. The summed E-state index contributed by atoms with van der Waals surface area (Å²) in [6.07, 6.45) is 1.50. The third-order valence-corrected chi connectivity index (χ3v) is 3.16. The minimum Gasteiger partial charge on any atom is -0.494 e. The molecule has 7 heteroatoms. The number of carbonyl (C=O) groups is 2. The van der Waals surface area contributed by atoms with E-state index in [-0.39, 0.29) is 18.1 Å². The van der Waals surface area contributed by atoms with E-state index in [1.165, 1.54) is 6.26 Å². The molecule has 19 heavy (non-hydrogen) atoms. The molecule has 2 heterocycles. The summed E-state index contributed by atoms with van der Waals surface area (Å²) in [4.78, 5) is 26.3. The van der Waals surface area contributed by atoms with Gasteiger partial charge in [0.05, 0.1) is 6.42 Å². The Morgan fingerprint density at radius 3 is 2.53 bits per heavy atom. The molecule has 0 atom stereocenters. The van der Waals surface area contributed by atoms with Crippen LogP contribution in [0, 0.1) is 0 Å². The second-order valence-corrected chi connectivity index (χ2v) is 4.48. The Labute approximate surface area is 111 Å². The SMILES string of the molecule is O=C(O)CCN1CCN(C(=O)C2=COCCO2)CC1. The van der Waals surface area contributed by atoms with E-state index in [1.54, 1.807) is 4.90 Å². The van der Waals surface area contributed by atoms with Crippen molar-refractivity contribution in [2.24, 2.45) is 0 Å². The number of hydrogen-bond acceptors (Lipinski definition) is 5. The average Bonchev–Trinajstić information content (AvgIpc) is 2.46. The van der Waals surface area contributed by atoms with E-state index < -0.39 is 5.97 Å². The number of rotatable bonds is 4. The Bertz CT molecular complexity index is 374. The summed E-state index contributed by atoms with van der Waals surface area (Å²) < 4.78 is 10.3. The number of piperazine rings is 1. The van der Waals surface area contributed by atoms with E-state index in [1.807, 2.05) is 4.90 Å². The lowest BCUT2D eigenvalue weighted by Gasteiger charge is -2.34. The van der Waals surface area contributed by atoms with Gasteiger partial charge in [0.1, 0.15) is 19.5 Å². The standard InChI is InChI=1S/C12H18N2O5/c15-11(16)1-2-13-3-5-14(6-4-13)12(17)10-9-18-7-8-19-10/h9H,1-8H2,(H,15,16). The molecule has 0 radical (unpaired) electrons. The van der Waals surface area contributed by atoms with Crippen molar-refractivity contribution in [3.63, 3.8) is 0 Å². The highest BCUT2D eigenvalue weighted by Crippen LogP contribution is 2.11. The molecule has 0 aromatic rings. The van der Waals surface area contributed by atoms with Gasteiger partial charge in [-0.25, -0.2) is 0 Å². The van der Waals surface area contributed by atoms with Gasteiger partial charge in [-0.15, -0.1) is 0 Å². The van der Waals surface area contributed by atoms with Gasteiger partial charge in [0.2, 0.25) is 5.76 Å². The maximum atomic E-state index is 12.1. The molecule has 1 N–H and O–H groups in total. The predicted molar refractivity (Wildman–Crippen MR) is 65.3 cm³/mol. The summed E-state index contributed by atoms with van der Waals surface area (Å²) in [5, 5.41) is 8.63. The van der Waals surface area contributed by atoms with Gasteiger partial charge in [0.15, 0.2) is 0 Å². The molecule has 1 saturated heterocycles. The van der Waals surface area contributed by atoms with Gasteiger partial charge in [-0.05, 0) is 0 Å². The number of carboxylic acid groups (broad SMARTS) is 1. The first-order valence-electron chi connectivity index (χ1n) is 6.35. The Hall–Kier alpha value is -1.76. The fraction of sp³-hybridized carbons (Fsp3) is 0.667. The molecule has 0 bridgehead atoms. The number of nitrogens with zero attached hydrogens (tertiary/aromatic N) is 2. The lowest BCUT2D eigenvalue weighted by molar-refractivity contribution is -0.138. The zero-order valence-electron chi connectivity index (χ0n) is 10.7. The van der Waals surface area contributed by atoms with Gasteiger partial charge in [0.25, 0.3) is 5.91 Å². The summed E-state index contributed by atoms with van der Waals surface area (Å²) in [7, 11) is 0. The van der Waals surface area contributed by atoms with Crippen LogP contribution in [-0.2, 0) is 19.1 Å². The normalized spacial score (nSPS) is 20.2. The lowest BCUT2D eigenvalue weighted by atomic mass is 10.2. The largest absolute Gasteiger partial charge is 0.494 e. The van der Waals surface area contributed by atoms with E-state index in [4.69, 9.17) is 14.6 Å². The van der Waals surface area contributed by atoms with Crippen LogP contribution in [0.25, 0.3) is 0 Å². The number of hydrogen-bond donors (Lipinski definition) is 1. The van der Waals surface area contributed by atoms with E-state index >= 15 is 0 Å². The van der Waals surface area contributed by atoms with Crippen molar-refractivity contribution in [3.05, 3.63) is 12.0 Å². The van der Waals surface area contributed by atoms with Crippen LogP contribution in [0.1, 0.15) is 6.42 Å². The third-order valence-electron chi connectivity index (χ3n) is 3.16. The highest BCUT2D eigenvalue weighted by atomic mass is 16.6. The van der Waals surface area contributed by atoms with Crippen molar-refractivity contribution >= 4 is 11.9 Å². The van der Waals surface area contributed by atoms with Crippen molar-refractivity contribution in [2.45, 2.75) is 6.42 Å². The van der Waals surface area contributed by atoms with Crippen molar-refractivity contribution in [3.8, 4) is 0 Å².